The number of fused-ring (bicyclic) bond motifs is 1. The molecular formula is C14H20N2O2S. The van der Waals surface area contributed by atoms with Gasteiger partial charge < -0.3 is 5.32 Å². The average Bonchev–Trinajstić information content (AvgIpc) is 2.86. The van der Waals surface area contributed by atoms with Crippen LogP contribution in [0.15, 0.2) is 23.1 Å². The van der Waals surface area contributed by atoms with Crippen LogP contribution >= 0.6 is 0 Å². The Morgan fingerprint density at radius 1 is 1.32 bits per heavy atom. The van der Waals surface area contributed by atoms with Gasteiger partial charge >= 0.3 is 0 Å². The summed E-state index contributed by atoms with van der Waals surface area (Å²) in [6.07, 6.45) is 4.03. The Morgan fingerprint density at radius 2 is 2.16 bits per heavy atom. The van der Waals surface area contributed by atoms with E-state index < -0.39 is 10.0 Å². The molecule has 1 atom stereocenters. The number of sulfonamides is 1. The molecule has 2 aliphatic rings. The minimum Gasteiger partial charge on any atom is -0.384 e. The molecule has 0 bridgehead atoms. The molecule has 0 aliphatic carbocycles. The van der Waals surface area contributed by atoms with Gasteiger partial charge in [-0.3, -0.25) is 0 Å². The van der Waals surface area contributed by atoms with E-state index in [4.69, 9.17) is 0 Å². The zero-order valence-electron chi connectivity index (χ0n) is 11.2. The summed E-state index contributed by atoms with van der Waals surface area (Å²) < 4.78 is 27.1. The lowest BCUT2D eigenvalue weighted by molar-refractivity contribution is 0.268. The van der Waals surface area contributed by atoms with E-state index in [0.29, 0.717) is 11.4 Å². The SMILES string of the molecule is CC1CCCCN1S(=O)(=O)c1ccc2c(c1)NCC2. The fraction of sp³-hybridized carbons (Fsp3) is 0.571. The van der Waals surface area contributed by atoms with E-state index in [2.05, 4.69) is 5.32 Å². The predicted molar refractivity (Wildman–Crippen MR) is 75.8 cm³/mol. The molecule has 4 nitrogen and oxygen atoms in total. The van der Waals surface area contributed by atoms with Crippen molar-refractivity contribution in [3.8, 4) is 0 Å². The number of hydrogen-bond donors (Lipinski definition) is 1. The Balaban J connectivity index is 1.95. The van der Waals surface area contributed by atoms with Crippen molar-refractivity contribution in [3.05, 3.63) is 23.8 Å². The van der Waals surface area contributed by atoms with Crippen LogP contribution in [0.2, 0.25) is 0 Å². The topological polar surface area (TPSA) is 49.4 Å². The molecule has 0 aromatic heterocycles. The van der Waals surface area contributed by atoms with Gasteiger partial charge in [0.25, 0.3) is 0 Å². The minimum atomic E-state index is -3.34. The fourth-order valence-electron chi connectivity index (χ4n) is 2.99. The van der Waals surface area contributed by atoms with Crippen molar-refractivity contribution in [2.75, 3.05) is 18.4 Å². The predicted octanol–water partition coefficient (Wildman–Crippen LogP) is 2.22. The number of rotatable bonds is 2. The number of benzene rings is 1. The lowest BCUT2D eigenvalue weighted by Gasteiger charge is -2.32. The van der Waals surface area contributed by atoms with Crippen molar-refractivity contribution in [1.29, 1.82) is 0 Å². The number of nitrogens with one attached hydrogen (secondary N) is 1. The molecule has 1 saturated heterocycles. The van der Waals surface area contributed by atoms with E-state index in [0.717, 1.165) is 37.9 Å². The minimum absolute atomic E-state index is 0.111. The van der Waals surface area contributed by atoms with E-state index in [9.17, 15) is 8.42 Å². The molecule has 5 heteroatoms. The average molecular weight is 280 g/mol. The highest BCUT2D eigenvalue weighted by molar-refractivity contribution is 7.89. The van der Waals surface area contributed by atoms with Gasteiger partial charge in [-0.2, -0.15) is 4.31 Å². The molecule has 104 valence electrons. The number of piperidine rings is 1. The van der Waals surface area contributed by atoms with E-state index in [1.54, 1.807) is 16.4 Å². The molecule has 0 radical (unpaired) electrons. The third-order valence-corrected chi connectivity index (χ3v) is 6.15. The number of anilines is 1. The summed E-state index contributed by atoms with van der Waals surface area (Å²) in [5.74, 6) is 0. The molecule has 2 heterocycles. The first-order valence-corrected chi connectivity index (χ1v) is 8.42. The van der Waals surface area contributed by atoms with Gasteiger partial charge in [-0.05, 0) is 43.9 Å². The molecule has 1 fully saturated rings. The second-order valence-corrected chi connectivity index (χ2v) is 7.35. The van der Waals surface area contributed by atoms with Crippen LogP contribution in [0.1, 0.15) is 31.7 Å². The Morgan fingerprint density at radius 3 is 2.95 bits per heavy atom. The Bertz CT molecular complexity index is 583. The third-order valence-electron chi connectivity index (χ3n) is 4.14. The Kier molecular flexibility index (Phi) is 3.27. The summed E-state index contributed by atoms with van der Waals surface area (Å²) in [4.78, 5) is 0.425. The van der Waals surface area contributed by atoms with Crippen LogP contribution < -0.4 is 5.32 Å². The molecule has 1 unspecified atom stereocenters. The van der Waals surface area contributed by atoms with Gasteiger partial charge in [0.05, 0.1) is 4.90 Å². The van der Waals surface area contributed by atoms with Crippen LogP contribution in [0, 0.1) is 0 Å². The molecular weight excluding hydrogens is 260 g/mol. The van der Waals surface area contributed by atoms with E-state index >= 15 is 0 Å². The molecule has 1 aromatic rings. The van der Waals surface area contributed by atoms with Gasteiger partial charge in [0, 0.05) is 24.8 Å². The molecule has 19 heavy (non-hydrogen) atoms. The van der Waals surface area contributed by atoms with Gasteiger partial charge in [0.2, 0.25) is 10.0 Å². The molecule has 2 aliphatic heterocycles. The van der Waals surface area contributed by atoms with Gasteiger partial charge in [-0.15, -0.1) is 0 Å². The van der Waals surface area contributed by atoms with Crippen molar-refractivity contribution < 1.29 is 8.42 Å². The van der Waals surface area contributed by atoms with Crippen LogP contribution in [0.3, 0.4) is 0 Å². The maximum absolute atomic E-state index is 12.7. The van der Waals surface area contributed by atoms with Crippen molar-refractivity contribution in [3.63, 3.8) is 0 Å². The van der Waals surface area contributed by atoms with Crippen LogP contribution in [0.5, 0.6) is 0 Å². The monoisotopic (exact) mass is 280 g/mol. The largest absolute Gasteiger partial charge is 0.384 e. The first kappa shape index (κ1) is 12.9. The number of nitrogens with zero attached hydrogens (tertiary/aromatic N) is 1. The van der Waals surface area contributed by atoms with Crippen LogP contribution in [-0.2, 0) is 16.4 Å². The van der Waals surface area contributed by atoms with Crippen molar-refractivity contribution in [2.45, 2.75) is 43.5 Å². The quantitative estimate of drug-likeness (QED) is 0.903. The second kappa shape index (κ2) is 4.80. The smallest absolute Gasteiger partial charge is 0.243 e. The van der Waals surface area contributed by atoms with E-state index in [1.165, 1.54) is 5.56 Å². The molecule has 1 N–H and O–H groups in total. The van der Waals surface area contributed by atoms with E-state index in [1.807, 2.05) is 13.0 Å². The second-order valence-electron chi connectivity index (χ2n) is 5.46. The maximum Gasteiger partial charge on any atom is 0.243 e. The number of hydrogen-bond acceptors (Lipinski definition) is 3. The molecule has 0 amide bonds. The lowest BCUT2D eigenvalue weighted by atomic mass is 10.1. The van der Waals surface area contributed by atoms with Crippen molar-refractivity contribution >= 4 is 15.7 Å². The van der Waals surface area contributed by atoms with Gasteiger partial charge in [0.15, 0.2) is 0 Å². The summed E-state index contributed by atoms with van der Waals surface area (Å²) in [7, 11) is -3.34. The maximum atomic E-state index is 12.7. The third kappa shape index (κ3) is 2.25. The summed E-state index contributed by atoms with van der Waals surface area (Å²) in [6, 6.07) is 5.60. The first-order chi connectivity index (χ1) is 9.09. The lowest BCUT2D eigenvalue weighted by Crippen LogP contribution is -2.41. The Hall–Kier alpha value is -1.07. The summed E-state index contributed by atoms with van der Waals surface area (Å²) >= 11 is 0. The van der Waals surface area contributed by atoms with Crippen LogP contribution in [-0.4, -0.2) is 31.9 Å². The molecule has 1 aromatic carbocycles. The summed E-state index contributed by atoms with van der Waals surface area (Å²) in [5, 5.41) is 3.24. The fourth-order valence-corrected chi connectivity index (χ4v) is 4.72. The highest BCUT2D eigenvalue weighted by Crippen LogP contribution is 2.29. The zero-order chi connectivity index (χ0) is 13.5. The highest BCUT2D eigenvalue weighted by atomic mass is 32.2. The van der Waals surface area contributed by atoms with Crippen molar-refractivity contribution in [1.82, 2.24) is 4.31 Å². The molecule has 3 rings (SSSR count). The summed E-state index contributed by atoms with van der Waals surface area (Å²) in [5.41, 5.74) is 2.19. The standard InChI is InChI=1S/C14H20N2O2S/c1-11-4-2-3-9-16(11)19(17,18)13-6-5-12-7-8-15-14(12)10-13/h5-6,10-11,15H,2-4,7-9H2,1H3. The Labute approximate surface area is 114 Å². The van der Waals surface area contributed by atoms with Crippen LogP contribution in [0.4, 0.5) is 5.69 Å². The highest BCUT2D eigenvalue weighted by Gasteiger charge is 2.31. The summed E-state index contributed by atoms with van der Waals surface area (Å²) in [6.45, 7) is 3.55. The molecule has 0 saturated carbocycles. The van der Waals surface area contributed by atoms with Crippen LogP contribution in [0.25, 0.3) is 0 Å². The first-order valence-electron chi connectivity index (χ1n) is 6.98. The zero-order valence-corrected chi connectivity index (χ0v) is 12.0. The van der Waals surface area contributed by atoms with E-state index in [-0.39, 0.29) is 6.04 Å². The normalized spacial score (nSPS) is 23.9. The van der Waals surface area contributed by atoms with Gasteiger partial charge in [-0.1, -0.05) is 12.5 Å². The molecule has 0 spiro atoms. The van der Waals surface area contributed by atoms with Gasteiger partial charge in [0.1, 0.15) is 0 Å². The van der Waals surface area contributed by atoms with Gasteiger partial charge in [-0.25, -0.2) is 8.42 Å². The van der Waals surface area contributed by atoms with Crippen molar-refractivity contribution in [2.24, 2.45) is 0 Å².